The van der Waals surface area contributed by atoms with Crippen molar-refractivity contribution in [3.63, 3.8) is 0 Å². The van der Waals surface area contributed by atoms with Gasteiger partial charge < -0.3 is 14.8 Å². The summed E-state index contributed by atoms with van der Waals surface area (Å²) in [7, 11) is 1.66. The first-order valence-electron chi connectivity index (χ1n) is 7.48. The highest BCUT2D eigenvalue weighted by Gasteiger charge is 2.33. The van der Waals surface area contributed by atoms with Crippen LogP contribution in [0.3, 0.4) is 0 Å². The largest absolute Gasteiger partial charge is 0.446 e. The van der Waals surface area contributed by atoms with Crippen LogP contribution in [0.5, 0.6) is 0 Å². The summed E-state index contributed by atoms with van der Waals surface area (Å²) in [5.41, 5.74) is 0. The number of hydrogen-bond donors (Lipinski definition) is 1. The fourth-order valence-electron chi connectivity index (χ4n) is 2.84. The fraction of sp³-hybridized carbons (Fsp3) is 0.933. The van der Waals surface area contributed by atoms with E-state index in [9.17, 15) is 4.79 Å². The van der Waals surface area contributed by atoms with Crippen LogP contribution in [-0.2, 0) is 9.47 Å². The molecule has 19 heavy (non-hydrogen) atoms. The molecule has 0 saturated heterocycles. The van der Waals surface area contributed by atoms with Crippen LogP contribution in [0.25, 0.3) is 0 Å². The smallest absolute Gasteiger partial charge is 0.407 e. The second-order valence-electron chi connectivity index (χ2n) is 6.04. The third-order valence-corrected chi connectivity index (χ3v) is 4.01. The van der Waals surface area contributed by atoms with Crippen LogP contribution >= 0.6 is 0 Å². The molecule has 1 rings (SSSR count). The van der Waals surface area contributed by atoms with Gasteiger partial charge >= 0.3 is 6.09 Å². The highest BCUT2D eigenvalue weighted by Crippen LogP contribution is 2.35. The highest BCUT2D eigenvalue weighted by molar-refractivity contribution is 5.67. The molecular weight excluding hydrogens is 242 g/mol. The van der Waals surface area contributed by atoms with E-state index in [1.54, 1.807) is 7.11 Å². The van der Waals surface area contributed by atoms with Crippen molar-refractivity contribution in [2.24, 2.45) is 17.8 Å². The van der Waals surface area contributed by atoms with Crippen molar-refractivity contribution in [2.45, 2.75) is 52.6 Å². The molecule has 1 saturated carbocycles. The van der Waals surface area contributed by atoms with E-state index in [1.807, 2.05) is 0 Å². The van der Waals surface area contributed by atoms with Crippen molar-refractivity contribution in [3.05, 3.63) is 0 Å². The minimum atomic E-state index is -0.277. The first kappa shape index (κ1) is 16.3. The van der Waals surface area contributed by atoms with E-state index in [1.165, 1.54) is 12.8 Å². The van der Waals surface area contributed by atoms with Gasteiger partial charge in [0, 0.05) is 20.3 Å². The van der Waals surface area contributed by atoms with E-state index in [0.717, 1.165) is 12.8 Å². The third-order valence-electron chi connectivity index (χ3n) is 4.01. The number of carbonyl (C=O) groups excluding carboxylic acids is 1. The van der Waals surface area contributed by atoms with Gasteiger partial charge in [-0.05, 0) is 37.0 Å². The van der Waals surface area contributed by atoms with Gasteiger partial charge in [0.15, 0.2) is 0 Å². The van der Waals surface area contributed by atoms with Crippen LogP contribution in [0.1, 0.15) is 46.5 Å². The topological polar surface area (TPSA) is 47.6 Å². The molecule has 1 N–H and O–H groups in total. The van der Waals surface area contributed by atoms with Crippen LogP contribution in [0.2, 0.25) is 0 Å². The van der Waals surface area contributed by atoms with Crippen LogP contribution in [0, 0.1) is 17.8 Å². The Kier molecular flexibility index (Phi) is 7.21. The molecular formula is C15H29NO3. The number of amides is 1. The molecule has 1 amide bonds. The number of carbonyl (C=O) groups is 1. The predicted octanol–water partition coefficient (Wildman–Crippen LogP) is 3.21. The SMILES string of the molecule is COCCCNC(=O)O[C@H]1C[C@H](C)CC[C@H]1C(C)C. The molecule has 1 aliphatic carbocycles. The van der Waals surface area contributed by atoms with Crippen LogP contribution in [0.4, 0.5) is 4.79 Å². The number of rotatable bonds is 6. The van der Waals surface area contributed by atoms with Crippen LogP contribution < -0.4 is 5.32 Å². The van der Waals surface area contributed by atoms with Gasteiger partial charge in [-0.2, -0.15) is 0 Å². The maximum Gasteiger partial charge on any atom is 0.407 e. The number of hydrogen-bond acceptors (Lipinski definition) is 3. The highest BCUT2D eigenvalue weighted by atomic mass is 16.6. The minimum absolute atomic E-state index is 0.0752. The van der Waals surface area contributed by atoms with Gasteiger partial charge in [0.25, 0.3) is 0 Å². The zero-order chi connectivity index (χ0) is 14.3. The predicted molar refractivity (Wildman–Crippen MR) is 76.1 cm³/mol. The van der Waals surface area contributed by atoms with Gasteiger partial charge in [0.1, 0.15) is 6.10 Å². The minimum Gasteiger partial charge on any atom is -0.446 e. The normalized spacial score (nSPS) is 27.3. The Balaban J connectivity index is 2.36. The van der Waals surface area contributed by atoms with Crippen molar-refractivity contribution >= 4 is 6.09 Å². The zero-order valence-electron chi connectivity index (χ0n) is 12.8. The molecule has 0 spiro atoms. The standard InChI is InChI=1S/C15H29NO3/c1-11(2)13-7-6-12(3)10-14(13)19-15(17)16-8-5-9-18-4/h11-14H,5-10H2,1-4H3,(H,16,17)/t12-,13+,14+/m1/s1. The molecule has 1 fully saturated rings. The molecule has 0 heterocycles. The van der Waals surface area contributed by atoms with Crippen LogP contribution in [-0.4, -0.2) is 32.5 Å². The maximum absolute atomic E-state index is 11.8. The van der Waals surface area contributed by atoms with Gasteiger partial charge in [-0.15, -0.1) is 0 Å². The number of nitrogens with one attached hydrogen (secondary N) is 1. The lowest BCUT2D eigenvalue weighted by Gasteiger charge is -2.36. The fourth-order valence-corrected chi connectivity index (χ4v) is 2.84. The number of alkyl carbamates (subject to hydrolysis) is 1. The van der Waals surface area contributed by atoms with E-state index in [0.29, 0.717) is 30.9 Å². The van der Waals surface area contributed by atoms with E-state index in [-0.39, 0.29) is 12.2 Å². The van der Waals surface area contributed by atoms with Crippen molar-refractivity contribution in [1.29, 1.82) is 0 Å². The Morgan fingerprint density at radius 3 is 2.74 bits per heavy atom. The summed E-state index contributed by atoms with van der Waals surface area (Å²) < 4.78 is 10.6. The summed E-state index contributed by atoms with van der Waals surface area (Å²) in [5.74, 6) is 1.72. The lowest BCUT2D eigenvalue weighted by atomic mass is 9.75. The summed E-state index contributed by atoms with van der Waals surface area (Å²) in [6.07, 6.45) is 4.03. The molecule has 4 heteroatoms. The third kappa shape index (κ3) is 5.81. The quantitative estimate of drug-likeness (QED) is 0.755. The summed E-state index contributed by atoms with van der Waals surface area (Å²) in [5, 5.41) is 2.80. The van der Waals surface area contributed by atoms with Crippen molar-refractivity contribution in [1.82, 2.24) is 5.32 Å². The Morgan fingerprint density at radius 1 is 1.37 bits per heavy atom. The van der Waals surface area contributed by atoms with Gasteiger partial charge in [-0.1, -0.05) is 27.2 Å². The van der Waals surface area contributed by atoms with Crippen molar-refractivity contribution in [3.8, 4) is 0 Å². The molecule has 0 bridgehead atoms. The van der Waals surface area contributed by atoms with E-state index >= 15 is 0 Å². The Hall–Kier alpha value is -0.770. The molecule has 0 unspecified atom stereocenters. The molecule has 1 aliphatic rings. The molecule has 0 aromatic heterocycles. The average Bonchev–Trinajstić information content (AvgIpc) is 2.34. The van der Waals surface area contributed by atoms with E-state index in [4.69, 9.17) is 9.47 Å². The lowest BCUT2D eigenvalue weighted by molar-refractivity contribution is 0.00609. The first-order chi connectivity index (χ1) is 9.04. The van der Waals surface area contributed by atoms with Crippen molar-refractivity contribution in [2.75, 3.05) is 20.3 Å². The summed E-state index contributed by atoms with van der Waals surface area (Å²) in [6.45, 7) is 7.95. The molecule has 0 radical (unpaired) electrons. The lowest BCUT2D eigenvalue weighted by Crippen LogP contribution is -2.39. The second-order valence-corrected chi connectivity index (χ2v) is 6.04. The first-order valence-corrected chi connectivity index (χ1v) is 7.48. The summed E-state index contributed by atoms with van der Waals surface area (Å²) in [4.78, 5) is 11.8. The molecule has 3 atom stereocenters. The van der Waals surface area contributed by atoms with Gasteiger partial charge in [-0.25, -0.2) is 4.79 Å². The maximum atomic E-state index is 11.8. The summed E-state index contributed by atoms with van der Waals surface area (Å²) >= 11 is 0. The molecule has 112 valence electrons. The van der Waals surface area contributed by atoms with Gasteiger partial charge in [0.05, 0.1) is 0 Å². The van der Waals surface area contributed by atoms with Crippen molar-refractivity contribution < 1.29 is 14.3 Å². The molecule has 0 aliphatic heterocycles. The van der Waals surface area contributed by atoms with Gasteiger partial charge in [0.2, 0.25) is 0 Å². The van der Waals surface area contributed by atoms with Gasteiger partial charge in [-0.3, -0.25) is 0 Å². The molecule has 0 aromatic rings. The van der Waals surface area contributed by atoms with E-state index in [2.05, 4.69) is 26.1 Å². The second kappa shape index (κ2) is 8.41. The average molecular weight is 271 g/mol. The Bertz CT molecular complexity index is 268. The number of ether oxygens (including phenoxy) is 2. The zero-order valence-corrected chi connectivity index (χ0v) is 12.8. The number of methoxy groups -OCH3 is 1. The Labute approximate surface area is 117 Å². The van der Waals surface area contributed by atoms with Crippen LogP contribution in [0.15, 0.2) is 0 Å². The Morgan fingerprint density at radius 2 is 2.11 bits per heavy atom. The molecule has 0 aromatic carbocycles. The van der Waals surface area contributed by atoms with E-state index < -0.39 is 0 Å². The molecule has 4 nitrogen and oxygen atoms in total. The monoisotopic (exact) mass is 271 g/mol. The summed E-state index contributed by atoms with van der Waals surface area (Å²) in [6, 6.07) is 0.